The molecule has 0 N–H and O–H groups in total. The number of aryl methyl sites for hydroxylation is 1. The Morgan fingerprint density at radius 1 is 0.757 bits per heavy atom. The Kier molecular flexibility index (Phi) is 8.73. The SMILES string of the molecule is O=C(c1ccccc1)N1CCC(CCN2CCC(CCCc3ccccc3)CC2)(c2ccccc2)CC1. The summed E-state index contributed by atoms with van der Waals surface area (Å²) in [6.07, 6.45) is 9.84. The van der Waals surface area contributed by atoms with Gasteiger partial charge in [0.25, 0.3) is 5.91 Å². The van der Waals surface area contributed by atoms with E-state index in [0.717, 1.165) is 44.0 Å². The number of likely N-dealkylation sites (tertiary alicyclic amines) is 2. The Morgan fingerprint density at radius 2 is 1.35 bits per heavy atom. The highest BCUT2D eigenvalue weighted by Gasteiger charge is 2.37. The maximum absolute atomic E-state index is 13.1. The number of carbonyl (C=O) groups excluding carboxylic acids is 1. The first kappa shape index (κ1) is 25.7. The van der Waals surface area contributed by atoms with Gasteiger partial charge in [-0.15, -0.1) is 0 Å². The lowest BCUT2D eigenvalue weighted by Gasteiger charge is -2.44. The van der Waals surface area contributed by atoms with Crippen molar-refractivity contribution in [3.05, 3.63) is 108 Å². The summed E-state index contributed by atoms with van der Waals surface area (Å²) in [4.78, 5) is 17.8. The van der Waals surface area contributed by atoms with E-state index >= 15 is 0 Å². The van der Waals surface area contributed by atoms with Crippen molar-refractivity contribution >= 4 is 5.91 Å². The minimum absolute atomic E-state index is 0.168. The molecule has 3 aromatic carbocycles. The van der Waals surface area contributed by atoms with Gasteiger partial charge in [-0.2, -0.15) is 0 Å². The molecule has 1 amide bonds. The van der Waals surface area contributed by atoms with Crippen molar-refractivity contribution in [3.8, 4) is 0 Å². The summed E-state index contributed by atoms with van der Waals surface area (Å²) < 4.78 is 0. The monoisotopic (exact) mass is 494 g/mol. The van der Waals surface area contributed by atoms with Gasteiger partial charge in [-0.3, -0.25) is 4.79 Å². The summed E-state index contributed by atoms with van der Waals surface area (Å²) in [5.74, 6) is 1.06. The molecular weight excluding hydrogens is 452 g/mol. The molecule has 5 rings (SSSR count). The molecule has 3 aromatic rings. The molecule has 0 saturated carbocycles. The molecule has 0 atom stereocenters. The van der Waals surface area contributed by atoms with Crippen LogP contribution in [0.1, 0.15) is 66.4 Å². The van der Waals surface area contributed by atoms with Crippen LogP contribution in [-0.4, -0.2) is 48.4 Å². The van der Waals surface area contributed by atoms with Crippen molar-refractivity contribution in [2.24, 2.45) is 5.92 Å². The first-order chi connectivity index (χ1) is 18.2. The van der Waals surface area contributed by atoms with Crippen LogP contribution in [0.15, 0.2) is 91.0 Å². The molecule has 0 aliphatic carbocycles. The molecule has 3 heteroatoms. The third-order valence-corrected chi connectivity index (χ3v) is 8.95. The van der Waals surface area contributed by atoms with E-state index in [1.54, 1.807) is 0 Å². The maximum atomic E-state index is 13.1. The van der Waals surface area contributed by atoms with Crippen LogP contribution in [-0.2, 0) is 11.8 Å². The van der Waals surface area contributed by atoms with E-state index in [1.165, 1.54) is 62.7 Å². The van der Waals surface area contributed by atoms with Gasteiger partial charge >= 0.3 is 0 Å². The number of hydrogen-bond acceptors (Lipinski definition) is 2. The number of nitrogens with zero attached hydrogens (tertiary/aromatic N) is 2. The van der Waals surface area contributed by atoms with Gasteiger partial charge in [0.15, 0.2) is 0 Å². The van der Waals surface area contributed by atoms with E-state index in [0.29, 0.717) is 0 Å². The van der Waals surface area contributed by atoms with Gasteiger partial charge in [-0.05, 0) is 99.2 Å². The highest BCUT2D eigenvalue weighted by Crippen LogP contribution is 2.39. The molecule has 2 saturated heterocycles. The molecule has 2 heterocycles. The van der Waals surface area contributed by atoms with Gasteiger partial charge in [0.1, 0.15) is 0 Å². The molecule has 0 spiro atoms. The first-order valence-corrected chi connectivity index (χ1v) is 14.4. The fraction of sp³-hybridized carbons (Fsp3) is 0.441. The first-order valence-electron chi connectivity index (χ1n) is 14.4. The van der Waals surface area contributed by atoms with Crippen LogP contribution in [0.5, 0.6) is 0 Å². The lowest BCUT2D eigenvalue weighted by molar-refractivity contribution is 0.0642. The molecule has 0 unspecified atom stereocenters. The Hall–Kier alpha value is -2.91. The highest BCUT2D eigenvalue weighted by atomic mass is 16.2. The van der Waals surface area contributed by atoms with Crippen LogP contribution in [0.3, 0.4) is 0 Å². The van der Waals surface area contributed by atoms with E-state index in [4.69, 9.17) is 0 Å². The van der Waals surface area contributed by atoms with E-state index in [1.807, 2.05) is 30.3 Å². The summed E-state index contributed by atoms with van der Waals surface area (Å²) in [5, 5.41) is 0. The number of benzene rings is 3. The lowest BCUT2D eigenvalue weighted by atomic mass is 9.70. The van der Waals surface area contributed by atoms with Gasteiger partial charge < -0.3 is 9.80 Å². The molecule has 0 aromatic heterocycles. The zero-order chi connectivity index (χ0) is 25.3. The van der Waals surface area contributed by atoms with Gasteiger partial charge in [-0.25, -0.2) is 0 Å². The second kappa shape index (κ2) is 12.6. The van der Waals surface area contributed by atoms with Crippen LogP contribution < -0.4 is 0 Å². The topological polar surface area (TPSA) is 23.6 Å². The lowest BCUT2D eigenvalue weighted by Crippen LogP contribution is -2.47. The third-order valence-electron chi connectivity index (χ3n) is 8.95. The molecule has 194 valence electrons. The quantitative estimate of drug-likeness (QED) is 0.320. The summed E-state index contributed by atoms with van der Waals surface area (Å²) in [5.41, 5.74) is 3.91. The van der Waals surface area contributed by atoms with Crippen molar-refractivity contribution in [3.63, 3.8) is 0 Å². The number of carbonyl (C=O) groups is 1. The van der Waals surface area contributed by atoms with Crippen LogP contribution in [0.4, 0.5) is 0 Å². The highest BCUT2D eigenvalue weighted by molar-refractivity contribution is 5.94. The third kappa shape index (κ3) is 6.70. The van der Waals surface area contributed by atoms with Crippen LogP contribution in [0.25, 0.3) is 0 Å². The Bertz CT molecular complexity index is 1080. The van der Waals surface area contributed by atoms with Crippen molar-refractivity contribution in [2.45, 2.75) is 56.8 Å². The number of piperidine rings is 2. The van der Waals surface area contributed by atoms with E-state index < -0.39 is 0 Å². The average Bonchev–Trinajstić information content (AvgIpc) is 2.98. The van der Waals surface area contributed by atoms with Gasteiger partial charge in [0.05, 0.1) is 0 Å². The molecule has 0 bridgehead atoms. The van der Waals surface area contributed by atoms with Crippen LogP contribution in [0, 0.1) is 5.92 Å². The van der Waals surface area contributed by atoms with E-state index in [2.05, 4.69) is 70.5 Å². The molecule has 2 aliphatic heterocycles. The predicted octanol–water partition coefficient (Wildman–Crippen LogP) is 6.99. The maximum Gasteiger partial charge on any atom is 0.253 e. The Balaban J connectivity index is 1.12. The number of rotatable bonds is 9. The fourth-order valence-corrected chi connectivity index (χ4v) is 6.49. The molecule has 2 fully saturated rings. The summed E-state index contributed by atoms with van der Waals surface area (Å²) in [6, 6.07) is 31.8. The van der Waals surface area contributed by atoms with Crippen LogP contribution >= 0.6 is 0 Å². The molecule has 3 nitrogen and oxygen atoms in total. The summed E-state index contributed by atoms with van der Waals surface area (Å²) in [7, 11) is 0. The minimum Gasteiger partial charge on any atom is -0.339 e. The van der Waals surface area contributed by atoms with Crippen molar-refractivity contribution < 1.29 is 4.79 Å². The summed E-state index contributed by atoms with van der Waals surface area (Å²) in [6.45, 7) is 5.31. The van der Waals surface area contributed by atoms with Crippen molar-refractivity contribution in [1.29, 1.82) is 0 Å². The Labute approximate surface area is 223 Å². The zero-order valence-corrected chi connectivity index (χ0v) is 22.2. The van der Waals surface area contributed by atoms with Gasteiger partial charge in [-0.1, -0.05) is 85.3 Å². The fourth-order valence-electron chi connectivity index (χ4n) is 6.49. The van der Waals surface area contributed by atoms with Gasteiger partial charge in [0.2, 0.25) is 0 Å². The molecule has 0 radical (unpaired) electrons. The van der Waals surface area contributed by atoms with Gasteiger partial charge in [0, 0.05) is 18.7 Å². The van der Waals surface area contributed by atoms with E-state index in [9.17, 15) is 4.79 Å². The molecule has 37 heavy (non-hydrogen) atoms. The largest absolute Gasteiger partial charge is 0.339 e. The van der Waals surface area contributed by atoms with Crippen LogP contribution in [0.2, 0.25) is 0 Å². The smallest absolute Gasteiger partial charge is 0.253 e. The number of hydrogen-bond donors (Lipinski definition) is 0. The second-order valence-electron chi connectivity index (χ2n) is 11.2. The zero-order valence-electron chi connectivity index (χ0n) is 22.2. The normalized spacial score (nSPS) is 18.5. The Morgan fingerprint density at radius 3 is 2.00 bits per heavy atom. The molecule has 2 aliphatic rings. The second-order valence-corrected chi connectivity index (χ2v) is 11.2. The minimum atomic E-state index is 0.168. The van der Waals surface area contributed by atoms with E-state index in [-0.39, 0.29) is 11.3 Å². The number of amides is 1. The predicted molar refractivity (Wildman–Crippen MR) is 153 cm³/mol. The van der Waals surface area contributed by atoms with Crippen molar-refractivity contribution in [2.75, 3.05) is 32.7 Å². The molecular formula is C34H42N2O. The standard InChI is InChI=1S/C34H42N2O/c37-33(31-15-6-2-7-16-31)36-27-22-34(23-28-36,32-17-8-3-9-18-32)21-26-35-24-19-30(20-25-35)14-10-13-29-11-4-1-5-12-29/h1-9,11-12,15-18,30H,10,13-14,19-28H2. The van der Waals surface area contributed by atoms with Crippen molar-refractivity contribution in [1.82, 2.24) is 9.80 Å². The summed E-state index contributed by atoms with van der Waals surface area (Å²) >= 11 is 0. The average molecular weight is 495 g/mol.